The third-order valence-electron chi connectivity index (χ3n) is 4.45. The molecule has 5 atom stereocenters. The minimum absolute atomic E-state index is 0.227. The van der Waals surface area contributed by atoms with E-state index in [0.29, 0.717) is 16.8 Å². The highest BCUT2D eigenvalue weighted by atomic mass is 16.6. The highest BCUT2D eigenvalue weighted by molar-refractivity contribution is 5.83. The van der Waals surface area contributed by atoms with Crippen molar-refractivity contribution in [2.24, 2.45) is 0 Å². The van der Waals surface area contributed by atoms with Gasteiger partial charge in [0, 0.05) is 11.3 Å². The lowest BCUT2D eigenvalue weighted by atomic mass is 9.97. The lowest BCUT2D eigenvalue weighted by molar-refractivity contribution is -0.245. The first kappa shape index (κ1) is 18.6. The SMILES string of the molecule is C/C=C/c1cc2ccc(NC3C(O)OC(CO)[C@H](O)C3O)cc2[nH]c1=O. The smallest absolute Gasteiger partial charge is 0.255 e. The summed E-state index contributed by atoms with van der Waals surface area (Å²) in [5.41, 5.74) is 1.43. The number of hydrogen-bond donors (Lipinski definition) is 6. The summed E-state index contributed by atoms with van der Waals surface area (Å²) in [6.45, 7) is 1.31. The fourth-order valence-electron chi connectivity index (χ4n) is 3.06. The van der Waals surface area contributed by atoms with E-state index in [1.54, 1.807) is 36.4 Å². The van der Waals surface area contributed by atoms with Crippen molar-refractivity contribution in [3.05, 3.63) is 46.3 Å². The molecule has 1 fully saturated rings. The number of ether oxygens (including phenoxy) is 1. The maximum absolute atomic E-state index is 12.1. The Balaban J connectivity index is 1.87. The van der Waals surface area contributed by atoms with E-state index in [0.717, 1.165) is 5.39 Å². The van der Waals surface area contributed by atoms with Gasteiger partial charge in [0.15, 0.2) is 6.29 Å². The monoisotopic (exact) mass is 362 g/mol. The lowest BCUT2D eigenvalue weighted by Gasteiger charge is -2.40. The Labute approximate surface area is 149 Å². The van der Waals surface area contributed by atoms with Crippen LogP contribution < -0.4 is 10.9 Å². The molecule has 0 radical (unpaired) electrons. The van der Waals surface area contributed by atoms with Gasteiger partial charge in [-0.3, -0.25) is 4.79 Å². The van der Waals surface area contributed by atoms with E-state index in [1.807, 2.05) is 6.92 Å². The number of H-pyrrole nitrogens is 1. The third kappa shape index (κ3) is 3.50. The molecular weight excluding hydrogens is 340 g/mol. The van der Waals surface area contributed by atoms with Crippen LogP contribution in [-0.4, -0.2) is 62.7 Å². The largest absolute Gasteiger partial charge is 0.394 e. The molecule has 1 saturated heterocycles. The van der Waals surface area contributed by atoms with Crippen LogP contribution in [0.25, 0.3) is 17.0 Å². The predicted molar refractivity (Wildman–Crippen MR) is 96.7 cm³/mol. The Morgan fingerprint density at radius 2 is 2.00 bits per heavy atom. The Hall–Kier alpha value is -2.23. The number of aromatic amines is 1. The van der Waals surface area contributed by atoms with Crippen LogP contribution in [0.3, 0.4) is 0 Å². The van der Waals surface area contributed by atoms with Crippen molar-refractivity contribution >= 4 is 22.7 Å². The molecule has 0 amide bonds. The average molecular weight is 362 g/mol. The minimum atomic E-state index is -1.42. The first-order valence-corrected chi connectivity index (χ1v) is 8.31. The quantitative estimate of drug-likeness (QED) is 0.442. The molecule has 1 aromatic carbocycles. The maximum atomic E-state index is 12.1. The van der Waals surface area contributed by atoms with Crippen LogP contribution in [0.15, 0.2) is 35.1 Å². The fourth-order valence-corrected chi connectivity index (χ4v) is 3.06. The zero-order chi connectivity index (χ0) is 18.8. The van der Waals surface area contributed by atoms with Gasteiger partial charge in [-0.25, -0.2) is 0 Å². The number of aliphatic hydroxyl groups is 4. The summed E-state index contributed by atoms with van der Waals surface area (Å²) in [5, 5.41) is 43.0. The summed E-state index contributed by atoms with van der Waals surface area (Å²) in [6.07, 6.45) is -1.67. The van der Waals surface area contributed by atoms with Crippen LogP contribution in [0.4, 0.5) is 5.69 Å². The van der Waals surface area contributed by atoms with E-state index in [-0.39, 0.29) is 5.56 Å². The molecule has 0 aliphatic carbocycles. The van der Waals surface area contributed by atoms with E-state index in [1.165, 1.54) is 0 Å². The number of anilines is 1. The second-order valence-electron chi connectivity index (χ2n) is 6.25. The summed E-state index contributed by atoms with van der Waals surface area (Å²) in [7, 11) is 0. The van der Waals surface area contributed by atoms with E-state index >= 15 is 0 Å². The highest BCUT2D eigenvalue weighted by Gasteiger charge is 2.43. The predicted octanol–water partition coefficient (Wildman–Crippen LogP) is -0.227. The number of aromatic nitrogens is 1. The molecule has 8 nitrogen and oxygen atoms in total. The molecule has 26 heavy (non-hydrogen) atoms. The van der Waals surface area contributed by atoms with Crippen LogP contribution in [0.1, 0.15) is 12.5 Å². The fraction of sp³-hybridized carbons (Fsp3) is 0.389. The van der Waals surface area contributed by atoms with Crippen molar-refractivity contribution in [3.8, 4) is 0 Å². The minimum Gasteiger partial charge on any atom is -0.394 e. The van der Waals surface area contributed by atoms with Crippen LogP contribution in [0.2, 0.25) is 0 Å². The van der Waals surface area contributed by atoms with Gasteiger partial charge in [0.05, 0.1) is 12.1 Å². The normalized spacial score (nSPS) is 29.3. The molecule has 0 bridgehead atoms. The van der Waals surface area contributed by atoms with Gasteiger partial charge in [-0.05, 0) is 30.5 Å². The van der Waals surface area contributed by atoms with Crippen LogP contribution in [0, 0.1) is 0 Å². The van der Waals surface area contributed by atoms with Crippen LogP contribution in [-0.2, 0) is 4.74 Å². The Morgan fingerprint density at radius 1 is 1.23 bits per heavy atom. The van der Waals surface area contributed by atoms with E-state index in [4.69, 9.17) is 9.84 Å². The van der Waals surface area contributed by atoms with Gasteiger partial charge in [-0.1, -0.05) is 18.2 Å². The van der Waals surface area contributed by atoms with Crippen molar-refractivity contribution in [1.82, 2.24) is 4.98 Å². The van der Waals surface area contributed by atoms with Gasteiger partial charge in [-0.15, -0.1) is 0 Å². The Bertz CT molecular complexity index is 864. The number of rotatable bonds is 4. The second-order valence-corrected chi connectivity index (χ2v) is 6.25. The number of benzene rings is 1. The third-order valence-corrected chi connectivity index (χ3v) is 4.45. The number of fused-ring (bicyclic) bond motifs is 1. The van der Waals surface area contributed by atoms with Gasteiger partial charge < -0.3 is 35.5 Å². The molecule has 1 aromatic heterocycles. The summed E-state index contributed by atoms with van der Waals surface area (Å²) < 4.78 is 5.12. The van der Waals surface area contributed by atoms with Crippen molar-refractivity contribution in [2.45, 2.75) is 37.6 Å². The molecule has 140 valence electrons. The van der Waals surface area contributed by atoms with Gasteiger partial charge in [0.1, 0.15) is 24.4 Å². The molecule has 2 aromatic rings. The first-order valence-electron chi connectivity index (χ1n) is 8.31. The Kier molecular flexibility index (Phi) is 5.40. The van der Waals surface area contributed by atoms with Gasteiger partial charge >= 0.3 is 0 Å². The maximum Gasteiger partial charge on any atom is 0.255 e. The molecule has 1 aliphatic rings. The van der Waals surface area contributed by atoms with Gasteiger partial charge in [0.2, 0.25) is 0 Å². The molecule has 6 N–H and O–H groups in total. The van der Waals surface area contributed by atoms with Crippen molar-refractivity contribution in [2.75, 3.05) is 11.9 Å². The van der Waals surface area contributed by atoms with E-state index in [9.17, 15) is 20.1 Å². The van der Waals surface area contributed by atoms with Crippen molar-refractivity contribution in [1.29, 1.82) is 0 Å². The van der Waals surface area contributed by atoms with Gasteiger partial charge in [0.25, 0.3) is 5.56 Å². The van der Waals surface area contributed by atoms with E-state index in [2.05, 4.69) is 10.3 Å². The summed E-state index contributed by atoms with van der Waals surface area (Å²) in [5.74, 6) is 0. The molecule has 0 spiro atoms. The molecule has 3 rings (SSSR count). The summed E-state index contributed by atoms with van der Waals surface area (Å²) in [6, 6.07) is 5.94. The van der Waals surface area contributed by atoms with Crippen LogP contribution >= 0.6 is 0 Å². The number of aliphatic hydroxyl groups excluding tert-OH is 4. The summed E-state index contributed by atoms with van der Waals surface area (Å²) >= 11 is 0. The standard InChI is InChI=1S/C18H22N2O6/c1-2-3-10-6-9-4-5-11(7-12(9)20-17(10)24)19-14-16(23)15(22)13(8-21)26-18(14)25/h2-7,13-16,18-19,21-23,25H,8H2,1H3,(H,20,24)/b3-2+/t13?,14?,15-,16?,18?/m0/s1. The number of pyridine rings is 1. The zero-order valence-electron chi connectivity index (χ0n) is 14.2. The highest BCUT2D eigenvalue weighted by Crippen LogP contribution is 2.24. The summed E-state index contributed by atoms with van der Waals surface area (Å²) in [4.78, 5) is 14.8. The van der Waals surface area contributed by atoms with Gasteiger partial charge in [-0.2, -0.15) is 0 Å². The average Bonchev–Trinajstić information content (AvgIpc) is 2.62. The number of nitrogens with one attached hydrogen (secondary N) is 2. The number of allylic oxidation sites excluding steroid dienone is 1. The molecular formula is C18H22N2O6. The molecule has 1 aliphatic heterocycles. The Morgan fingerprint density at radius 3 is 2.69 bits per heavy atom. The lowest BCUT2D eigenvalue weighted by Crippen LogP contribution is -2.61. The van der Waals surface area contributed by atoms with Crippen LogP contribution in [0.5, 0.6) is 0 Å². The topological polar surface area (TPSA) is 135 Å². The van der Waals surface area contributed by atoms with Crippen molar-refractivity contribution < 1.29 is 25.2 Å². The van der Waals surface area contributed by atoms with Crippen molar-refractivity contribution in [3.63, 3.8) is 0 Å². The zero-order valence-corrected chi connectivity index (χ0v) is 14.2. The molecule has 0 saturated carbocycles. The van der Waals surface area contributed by atoms with E-state index < -0.39 is 37.3 Å². The second kappa shape index (κ2) is 7.56. The molecule has 8 heteroatoms. The molecule has 2 heterocycles. The first-order chi connectivity index (χ1) is 12.4. The number of hydrogen-bond acceptors (Lipinski definition) is 7. The molecule has 4 unspecified atom stereocenters.